The Balaban J connectivity index is 2.63. The van der Waals surface area contributed by atoms with Gasteiger partial charge in [0.05, 0.1) is 0 Å². The van der Waals surface area contributed by atoms with Gasteiger partial charge in [0.25, 0.3) is 0 Å². The third-order valence-electron chi connectivity index (χ3n) is 2.20. The smallest absolute Gasteiger partial charge is 0.230 e. The van der Waals surface area contributed by atoms with Gasteiger partial charge in [0.1, 0.15) is 0 Å². The van der Waals surface area contributed by atoms with Crippen molar-refractivity contribution >= 4 is 11.8 Å². The van der Waals surface area contributed by atoms with Gasteiger partial charge in [-0.1, -0.05) is 20.3 Å². The van der Waals surface area contributed by atoms with E-state index in [-0.39, 0.29) is 23.7 Å². The summed E-state index contributed by atoms with van der Waals surface area (Å²) in [6.45, 7) is 3.82. The fraction of sp³-hybridized carbons (Fsp3) is 0.750. The number of hydrogen-bond donors (Lipinski definition) is 1. The van der Waals surface area contributed by atoms with E-state index in [1.807, 2.05) is 6.92 Å². The van der Waals surface area contributed by atoms with Gasteiger partial charge in [-0.15, -0.1) is 0 Å². The molecule has 0 aromatic carbocycles. The van der Waals surface area contributed by atoms with Crippen LogP contribution in [0.5, 0.6) is 0 Å². The summed E-state index contributed by atoms with van der Waals surface area (Å²) in [4.78, 5) is 22.0. The van der Waals surface area contributed by atoms with Crippen LogP contribution in [-0.4, -0.2) is 11.8 Å². The normalized spacial score (nSPS) is 30.7. The van der Waals surface area contributed by atoms with Crippen molar-refractivity contribution in [2.75, 3.05) is 0 Å². The van der Waals surface area contributed by atoms with Gasteiger partial charge < -0.3 is 0 Å². The van der Waals surface area contributed by atoms with E-state index in [0.29, 0.717) is 0 Å². The van der Waals surface area contributed by atoms with Crippen LogP contribution in [0.3, 0.4) is 0 Å². The van der Waals surface area contributed by atoms with Gasteiger partial charge in [0, 0.05) is 11.8 Å². The first-order valence-corrected chi connectivity index (χ1v) is 4.01. The van der Waals surface area contributed by atoms with Crippen LogP contribution in [0.15, 0.2) is 0 Å². The molecule has 1 rings (SSSR count). The van der Waals surface area contributed by atoms with E-state index in [4.69, 9.17) is 0 Å². The van der Waals surface area contributed by atoms with Gasteiger partial charge in [-0.3, -0.25) is 14.9 Å². The summed E-state index contributed by atoms with van der Waals surface area (Å²) in [5.74, 6) is -0.409. The molecule has 0 aromatic heterocycles. The topological polar surface area (TPSA) is 46.2 Å². The maximum absolute atomic E-state index is 11.1. The Kier molecular flexibility index (Phi) is 2.27. The molecular weight excluding hydrogens is 142 g/mol. The molecule has 1 aliphatic heterocycles. The first-order chi connectivity index (χ1) is 5.16. The molecule has 1 N–H and O–H groups in total. The molecule has 0 aliphatic carbocycles. The van der Waals surface area contributed by atoms with Gasteiger partial charge in [0.2, 0.25) is 11.8 Å². The maximum Gasteiger partial charge on any atom is 0.230 e. The highest BCUT2D eigenvalue weighted by atomic mass is 16.2. The maximum atomic E-state index is 11.1. The molecule has 1 heterocycles. The lowest BCUT2D eigenvalue weighted by Crippen LogP contribution is -2.22. The second-order valence-electron chi connectivity index (χ2n) is 3.04. The predicted molar refractivity (Wildman–Crippen MR) is 40.7 cm³/mol. The summed E-state index contributed by atoms with van der Waals surface area (Å²) in [6.07, 6.45) is 1.77. The molecule has 1 fully saturated rings. The van der Waals surface area contributed by atoms with Crippen LogP contribution in [0.25, 0.3) is 0 Å². The van der Waals surface area contributed by atoms with Crippen LogP contribution in [0, 0.1) is 11.8 Å². The first kappa shape index (κ1) is 8.24. The van der Waals surface area contributed by atoms with Crippen molar-refractivity contribution in [1.82, 2.24) is 5.32 Å². The number of imide groups is 1. The average Bonchev–Trinajstić information content (AvgIpc) is 2.17. The number of nitrogens with one attached hydrogen (secondary N) is 1. The minimum atomic E-state index is -0.123. The molecule has 3 nitrogen and oxygen atoms in total. The van der Waals surface area contributed by atoms with Gasteiger partial charge in [0.15, 0.2) is 0 Å². The highest BCUT2D eigenvalue weighted by Gasteiger charge is 2.37. The Hall–Kier alpha value is -0.860. The van der Waals surface area contributed by atoms with E-state index in [0.717, 1.165) is 12.8 Å². The summed E-state index contributed by atoms with van der Waals surface area (Å²) < 4.78 is 0. The number of carbonyl (C=O) groups excluding carboxylic acids is 2. The fourth-order valence-electron chi connectivity index (χ4n) is 1.43. The fourth-order valence-corrected chi connectivity index (χ4v) is 1.43. The Morgan fingerprint density at radius 2 is 2.00 bits per heavy atom. The second-order valence-corrected chi connectivity index (χ2v) is 3.04. The lowest BCUT2D eigenvalue weighted by molar-refractivity contribution is -0.126. The van der Waals surface area contributed by atoms with Crippen molar-refractivity contribution in [3.05, 3.63) is 0 Å². The summed E-state index contributed by atoms with van der Waals surface area (Å²) in [7, 11) is 0. The molecular formula is C8H13NO2. The third-order valence-corrected chi connectivity index (χ3v) is 2.20. The molecule has 0 radical (unpaired) electrons. The lowest BCUT2D eigenvalue weighted by atomic mass is 9.93. The standard InChI is InChI=1S/C8H13NO2/c1-3-4-6-5(2)7(10)9-8(6)11/h5-6H,3-4H2,1-2H3,(H,9,10,11). The van der Waals surface area contributed by atoms with E-state index in [1.54, 1.807) is 6.92 Å². The second kappa shape index (κ2) is 3.03. The monoisotopic (exact) mass is 155 g/mol. The van der Waals surface area contributed by atoms with E-state index < -0.39 is 0 Å². The molecule has 0 spiro atoms. The van der Waals surface area contributed by atoms with Crippen molar-refractivity contribution in [1.29, 1.82) is 0 Å². The first-order valence-electron chi connectivity index (χ1n) is 4.01. The van der Waals surface area contributed by atoms with Crippen LogP contribution in [0.1, 0.15) is 26.7 Å². The molecule has 0 saturated carbocycles. The molecule has 1 saturated heterocycles. The van der Waals surface area contributed by atoms with E-state index in [1.165, 1.54) is 0 Å². The van der Waals surface area contributed by atoms with Gasteiger partial charge >= 0.3 is 0 Å². The van der Waals surface area contributed by atoms with E-state index in [9.17, 15) is 9.59 Å². The number of carbonyl (C=O) groups is 2. The molecule has 0 bridgehead atoms. The van der Waals surface area contributed by atoms with Crippen LogP contribution in [-0.2, 0) is 9.59 Å². The van der Waals surface area contributed by atoms with Gasteiger partial charge in [-0.2, -0.15) is 0 Å². The van der Waals surface area contributed by atoms with Crippen molar-refractivity contribution in [3.8, 4) is 0 Å². The molecule has 62 valence electrons. The summed E-state index contributed by atoms with van der Waals surface area (Å²) in [5.41, 5.74) is 0. The van der Waals surface area contributed by atoms with Crippen molar-refractivity contribution < 1.29 is 9.59 Å². The van der Waals surface area contributed by atoms with Crippen LogP contribution < -0.4 is 5.32 Å². The van der Waals surface area contributed by atoms with Crippen LogP contribution >= 0.6 is 0 Å². The molecule has 11 heavy (non-hydrogen) atoms. The predicted octanol–water partition coefficient (Wildman–Crippen LogP) is 0.695. The molecule has 0 aromatic rings. The summed E-state index contributed by atoms with van der Waals surface area (Å²) >= 11 is 0. The van der Waals surface area contributed by atoms with Gasteiger partial charge in [-0.25, -0.2) is 0 Å². The van der Waals surface area contributed by atoms with Crippen LogP contribution in [0.2, 0.25) is 0 Å². The number of amides is 2. The third kappa shape index (κ3) is 1.42. The zero-order valence-corrected chi connectivity index (χ0v) is 6.89. The van der Waals surface area contributed by atoms with E-state index in [2.05, 4.69) is 5.32 Å². The van der Waals surface area contributed by atoms with Crippen LogP contribution in [0.4, 0.5) is 0 Å². The highest BCUT2D eigenvalue weighted by Crippen LogP contribution is 2.22. The van der Waals surface area contributed by atoms with E-state index >= 15 is 0 Å². The van der Waals surface area contributed by atoms with Gasteiger partial charge in [-0.05, 0) is 6.42 Å². The minimum Gasteiger partial charge on any atom is -0.296 e. The minimum absolute atomic E-state index is 0.0764. The zero-order chi connectivity index (χ0) is 8.43. The summed E-state index contributed by atoms with van der Waals surface area (Å²) in [5, 5.41) is 2.32. The molecule has 2 amide bonds. The highest BCUT2D eigenvalue weighted by molar-refractivity contribution is 6.04. The number of hydrogen-bond acceptors (Lipinski definition) is 2. The quantitative estimate of drug-likeness (QED) is 0.596. The largest absolute Gasteiger partial charge is 0.296 e. The molecule has 3 heteroatoms. The van der Waals surface area contributed by atoms with Crippen molar-refractivity contribution in [2.24, 2.45) is 11.8 Å². The SMILES string of the molecule is CCCC1C(=O)NC(=O)C1C. The summed E-state index contributed by atoms with van der Waals surface area (Å²) in [6, 6.07) is 0. The lowest BCUT2D eigenvalue weighted by Gasteiger charge is -2.07. The number of rotatable bonds is 2. The molecule has 2 atom stereocenters. The average molecular weight is 155 g/mol. The zero-order valence-electron chi connectivity index (χ0n) is 6.89. The Morgan fingerprint density at radius 3 is 2.36 bits per heavy atom. The molecule has 2 unspecified atom stereocenters. The van der Waals surface area contributed by atoms with Crippen molar-refractivity contribution in [3.63, 3.8) is 0 Å². The molecule has 1 aliphatic rings. The Bertz CT molecular complexity index is 189. The Labute approximate surface area is 66.2 Å². The Morgan fingerprint density at radius 1 is 1.36 bits per heavy atom. The van der Waals surface area contributed by atoms with Crippen molar-refractivity contribution in [2.45, 2.75) is 26.7 Å².